The van der Waals surface area contributed by atoms with Crippen molar-refractivity contribution >= 4 is 11.4 Å². The fourth-order valence-electron chi connectivity index (χ4n) is 4.61. The fraction of sp³-hybridized carbons (Fsp3) is 0.391. The predicted octanol–water partition coefficient (Wildman–Crippen LogP) is 1.29. The number of methoxy groups -OCH3 is 1. The van der Waals surface area contributed by atoms with Gasteiger partial charge in [0.15, 0.2) is 0 Å². The maximum atomic E-state index is 12.8. The smallest absolute Gasteiger partial charge is 0.227 e. The van der Waals surface area contributed by atoms with Gasteiger partial charge in [0.05, 0.1) is 31.5 Å². The summed E-state index contributed by atoms with van der Waals surface area (Å²) in [4.78, 5) is 16.6. The summed E-state index contributed by atoms with van der Waals surface area (Å²) >= 11 is 0. The van der Waals surface area contributed by atoms with E-state index in [2.05, 4.69) is 22.8 Å². The Balaban J connectivity index is 1.26. The summed E-state index contributed by atoms with van der Waals surface area (Å²) < 4.78 is 9.02. The van der Waals surface area contributed by atoms with Crippen LogP contribution in [0.5, 0.6) is 5.75 Å². The summed E-state index contributed by atoms with van der Waals surface area (Å²) in [6.45, 7) is 6.11. The van der Waals surface area contributed by atoms with Crippen molar-refractivity contribution in [3.05, 3.63) is 49.1 Å². The van der Waals surface area contributed by atoms with Gasteiger partial charge < -0.3 is 14.7 Å². The first-order valence-corrected chi connectivity index (χ1v) is 10.9. The van der Waals surface area contributed by atoms with Gasteiger partial charge in [-0.25, -0.2) is 4.52 Å². The topological polar surface area (TPSA) is 112 Å². The van der Waals surface area contributed by atoms with E-state index in [1.54, 1.807) is 17.8 Å². The van der Waals surface area contributed by atoms with Gasteiger partial charge in [-0.2, -0.15) is 15.5 Å². The van der Waals surface area contributed by atoms with Gasteiger partial charge in [0, 0.05) is 49.7 Å². The lowest BCUT2D eigenvalue weighted by Gasteiger charge is -2.40. The number of ether oxygens (including phenoxy) is 1. The minimum Gasteiger partial charge on any atom is -0.494 e. The number of aliphatic hydroxyl groups excluding tert-OH is 1. The number of amides is 1. The zero-order valence-electron chi connectivity index (χ0n) is 18.3. The van der Waals surface area contributed by atoms with Gasteiger partial charge in [0.25, 0.3) is 0 Å². The average molecular weight is 447 g/mol. The largest absolute Gasteiger partial charge is 0.494 e. The lowest BCUT2D eigenvalue weighted by atomic mass is 10.0. The standard InChI is InChI=1S/C23H25N7O3/c1-3-21(31)27-5-4-15(10-27)23(32)28-13-19(14-28)29-12-18(9-25-29)16-6-20(33-2)22-17(7-24)8-26-30(22)11-16/h3,6,8-9,11-12,15,19,21,31H,1,4-5,10,13-14H2,2H3/t15-,21?/m0/s1. The van der Waals surface area contributed by atoms with E-state index in [9.17, 15) is 15.2 Å². The van der Waals surface area contributed by atoms with Gasteiger partial charge in [-0.15, -0.1) is 0 Å². The molecule has 0 radical (unpaired) electrons. The highest BCUT2D eigenvalue weighted by molar-refractivity contribution is 5.80. The minimum absolute atomic E-state index is 0.0831. The van der Waals surface area contributed by atoms with E-state index in [-0.39, 0.29) is 17.9 Å². The molecule has 2 aliphatic heterocycles. The number of pyridine rings is 1. The highest BCUT2D eigenvalue weighted by Crippen LogP contribution is 2.31. The average Bonchev–Trinajstić information content (AvgIpc) is 3.56. The van der Waals surface area contributed by atoms with Crippen LogP contribution >= 0.6 is 0 Å². The van der Waals surface area contributed by atoms with Crippen LogP contribution in [0.4, 0.5) is 0 Å². The third-order valence-corrected chi connectivity index (χ3v) is 6.55. The summed E-state index contributed by atoms with van der Waals surface area (Å²) in [7, 11) is 1.57. The molecule has 2 aliphatic rings. The van der Waals surface area contributed by atoms with E-state index < -0.39 is 6.23 Å². The fourth-order valence-corrected chi connectivity index (χ4v) is 4.61. The van der Waals surface area contributed by atoms with Crippen LogP contribution in [0.15, 0.2) is 43.5 Å². The van der Waals surface area contributed by atoms with Crippen LogP contribution in [-0.2, 0) is 4.79 Å². The first-order valence-electron chi connectivity index (χ1n) is 10.9. The van der Waals surface area contributed by atoms with Crippen LogP contribution in [0.1, 0.15) is 18.0 Å². The molecule has 0 aromatic carbocycles. The van der Waals surface area contributed by atoms with Crippen LogP contribution in [0.25, 0.3) is 16.6 Å². The zero-order chi connectivity index (χ0) is 23.1. The van der Waals surface area contributed by atoms with Crippen LogP contribution in [0.2, 0.25) is 0 Å². The van der Waals surface area contributed by atoms with Crippen LogP contribution in [-0.4, -0.2) is 79.7 Å². The number of aliphatic hydroxyl groups is 1. The molecule has 3 aromatic rings. The number of hydrogen-bond acceptors (Lipinski definition) is 7. The van der Waals surface area contributed by atoms with Gasteiger partial charge in [-0.3, -0.25) is 14.4 Å². The maximum Gasteiger partial charge on any atom is 0.227 e. The Hall–Kier alpha value is -3.68. The van der Waals surface area contributed by atoms with Gasteiger partial charge in [-0.1, -0.05) is 6.58 Å². The van der Waals surface area contributed by atoms with E-state index in [4.69, 9.17) is 4.74 Å². The van der Waals surface area contributed by atoms with Crippen molar-refractivity contribution in [2.24, 2.45) is 5.92 Å². The van der Waals surface area contributed by atoms with E-state index in [1.165, 1.54) is 12.3 Å². The highest BCUT2D eigenvalue weighted by atomic mass is 16.5. The van der Waals surface area contributed by atoms with E-state index in [0.717, 1.165) is 17.5 Å². The van der Waals surface area contributed by atoms with Gasteiger partial charge in [0.1, 0.15) is 29.1 Å². The Morgan fingerprint density at radius 1 is 1.30 bits per heavy atom. The molecule has 2 fully saturated rings. The van der Waals surface area contributed by atoms with E-state index in [0.29, 0.717) is 43.0 Å². The quantitative estimate of drug-likeness (QED) is 0.567. The molecule has 0 aliphatic carbocycles. The monoisotopic (exact) mass is 447 g/mol. The van der Waals surface area contributed by atoms with Gasteiger partial charge in [0.2, 0.25) is 5.91 Å². The van der Waals surface area contributed by atoms with E-state index >= 15 is 0 Å². The van der Waals surface area contributed by atoms with Crippen molar-refractivity contribution in [2.45, 2.75) is 18.7 Å². The molecule has 0 saturated carbocycles. The molecule has 3 aromatic heterocycles. The van der Waals surface area contributed by atoms with Crippen LogP contribution < -0.4 is 4.74 Å². The molecule has 5 heterocycles. The predicted molar refractivity (Wildman–Crippen MR) is 119 cm³/mol. The number of nitriles is 1. The number of fused-ring (bicyclic) bond motifs is 1. The minimum atomic E-state index is -0.694. The molecule has 1 unspecified atom stereocenters. The van der Waals surface area contributed by atoms with Gasteiger partial charge in [-0.05, 0) is 18.6 Å². The number of nitrogens with zero attached hydrogens (tertiary/aromatic N) is 7. The Labute approximate surface area is 190 Å². The van der Waals surface area contributed by atoms with Crippen molar-refractivity contribution in [3.8, 4) is 22.9 Å². The molecule has 0 spiro atoms. The normalized spacial score (nSPS) is 19.9. The van der Waals surface area contributed by atoms with Crippen molar-refractivity contribution in [1.29, 1.82) is 5.26 Å². The molecule has 33 heavy (non-hydrogen) atoms. The summed E-state index contributed by atoms with van der Waals surface area (Å²) in [6, 6.07) is 4.13. The molecule has 10 nitrogen and oxygen atoms in total. The van der Waals surface area contributed by atoms with Crippen LogP contribution in [0, 0.1) is 17.2 Å². The third-order valence-electron chi connectivity index (χ3n) is 6.55. The third kappa shape index (κ3) is 3.65. The number of aromatic nitrogens is 4. The second-order valence-corrected chi connectivity index (χ2v) is 8.50. The molecule has 170 valence electrons. The number of hydrogen-bond donors (Lipinski definition) is 1. The van der Waals surface area contributed by atoms with E-state index in [1.807, 2.05) is 32.9 Å². The molecule has 2 saturated heterocycles. The Morgan fingerprint density at radius 3 is 2.85 bits per heavy atom. The molecule has 1 amide bonds. The Bertz CT molecular complexity index is 1250. The first-order chi connectivity index (χ1) is 16.0. The second kappa shape index (κ2) is 8.35. The summed E-state index contributed by atoms with van der Waals surface area (Å²) in [5.74, 6) is 0.627. The van der Waals surface area contributed by atoms with Crippen LogP contribution in [0.3, 0.4) is 0 Å². The molecular weight excluding hydrogens is 422 g/mol. The molecule has 2 atom stereocenters. The number of carbonyl (C=O) groups is 1. The van der Waals surface area contributed by atoms with Crippen molar-refractivity contribution in [1.82, 2.24) is 29.2 Å². The molecule has 5 rings (SSSR count). The summed E-state index contributed by atoms with van der Waals surface area (Å²) in [5.41, 5.74) is 2.86. The zero-order valence-corrected chi connectivity index (χ0v) is 18.3. The summed E-state index contributed by atoms with van der Waals surface area (Å²) in [5, 5.41) is 28.0. The number of carbonyl (C=O) groups excluding carboxylic acids is 1. The molecule has 10 heteroatoms. The second-order valence-electron chi connectivity index (χ2n) is 8.50. The molecular formula is C23H25N7O3. The Morgan fingerprint density at radius 2 is 2.12 bits per heavy atom. The number of likely N-dealkylation sites (tertiary alicyclic amines) is 2. The lowest BCUT2D eigenvalue weighted by Crippen LogP contribution is -2.53. The SMILES string of the molecule is C=CC(O)N1CC[C@H](C(=O)N2CC(n3cc(-c4cc(OC)c5c(C#N)cnn5c4)cn3)C2)C1. The highest BCUT2D eigenvalue weighted by Gasteiger charge is 2.39. The lowest BCUT2D eigenvalue weighted by molar-refractivity contribution is -0.141. The van der Waals surface area contributed by atoms with Crippen molar-refractivity contribution in [3.63, 3.8) is 0 Å². The van der Waals surface area contributed by atoms with Gasteiger partial charge >= 0.3 is 0 Å². The summed E-state index contributed by atoms with van der Waals surface area (Å²) in [6.07, 6.45) is 8.66. The van der Waals surface area contributed by atoms with Crippen molar-refractivity contribution < 1.29 is 14.6 Å². The molecule has 1 N–H and O–H groups in total. The van der Waals surface area contributed by atoms with Crippen molar-refractivity contribution in [2.75, 3.05) is 33.3 Å². The maximum absolute atomic E-state index is 12.8. The molecule has 0 bridgehead atoms. The number of rotatable bonds is 6. The Kier molecular flexibility index (Phi) is 5.36. The first kappa shape index (κ1) is 21.2.